The first kappa shape index (κ1) is 12.7. The lowest BCUT2D eigenvalue weighted by Crippen LogP contribution is -2.30. The molecular weight excluding hydrogens is 232 g/mol. The summed E-state index contributed by atoms with van der Waals surface area (Å²) < 4.78 is 5.53. The Morgan fingerprint density at radius 3 is 3.20 bits per heavy atom. The molecule has 1 atom stereocenters. The van der Waals surface area contributed by atoms with Crippen LogP contribution in [0.1, 0.15) is 19.3 Å². The van der Waals surface area contributed by atoms with Crippen molar-refractivity contribution in [1.29, 1.82) is 0 Å². The van der Waals surface area contributed by atoms with Gasteiger partial charge in [0.25, 0.3) is 5.19 Å². The molecule has 1 N–H and O–H groups in total. The Labute approximate surface area is 101 Å². The van der Waals surface area contributed by atoms with E-state index >= 15 is 0 Å². The minimum absolute atomic E-state index is 0. The first-order chi connectivity index (χ1) is 6.95. The van der Waals surface area contributed by atoms with Crippen molar-refractivity contribution in [3.05, 3.63) is 11.6 Å². The number of hydrogen-bond donors (Lipinski definition) is 1. The van der Waals surface area contributed by atoms with Crippen LogP contribution in [0.5, 0.6) is 5.19 Å². The molecule has 3 nitrogen and oxygen atoms in total. The van der Waals surface area contributed by atoms with Crippen molar-refractivity contribution in [1.82, 2.24) is 10.3 Å². The molecule has 1 saturated heterocycles. The molecule has 1 aliphatic heterocycles. The SMILES string of the molecule is Cl.c1csc(OCCC2CCCNC2)n1. The van der Waals surface area contributed by atoms with Crippen molar-refractivity contribution in [2.24, 2.45) is 5.92 Å². The van der Waals surface area contributed by atoms with Gasteiger partial charge in [-0.2, -0.15) is 0 Å². The van der Waals surface area contributed by atoms with Crippen molar-refractivity contribution < 1.29 is 4.74 Å². The summed E-state index contributed by atoms with van der Waals surface area (Å²) in [5.74, 6) is 0.795. The fourth-order valence-electron chi connectivity index (χ4n) is 1.76. The molecule has 1 unspecified atom stereocenters. The maximum Gasteiger partial charge on any atom is 0.273 e. The van der Waals surface area contributed by atoms with Crippen molar-refractivity contribution in [2.45, 2.75) is 19.3 Å². The van der Waals surface area contributed by atoms with Crippen molar-refractivity contribution >= 4 is 23.7 Å². The van der Waals surface area contributed by atoms with E-state index in [9.17, 15) is 0 Å². The van der Waals surface area contributed by atoms with Gasteiger partial charge in [0.15, 0.2) is 0 Å². The minimum Gasteiger partial charge on any atom is -0.470 e. The quantitative estimate of drug-likeness (QED) is 0.888. The second-order valence-electron chi connectivity index (χ2n) is 3.65. The number of piperidine rings is 1. The van der Waals surface area contributed by atoms with Gasteiger partial charge in [0, 0.05) is 11.6 Å². The predicted octanol–water partition coefficient (Wildman–Crippen LogP) is 2.33. The zero-order valence-corrected chi connectivity index (χ0v) is 10.3. The fourth-order valence-corrected chi connectivity index (χ4v) is 2.28. The lowest BCUT2D eigenvalue weighted by molar-refractivity contribution is 0.253. The molecule has 0 bridgehead atoms. The first-order valence-corrected chi connectivity index (χ1v) is 6.06. The smallest absolute Gasteiger partial charge is 0.273 e. The van der Waals surface area contributed by atoms with Crippen LogP contribution in [0.25, 0.3) is 0 Å². The van der Waals surface area contributed by atoms with Gasteiger partial charge in [-0.3, -0.25) is 0 Å². The lowest BCUT2D eigenvalue weighted by Gasteiger charge is -2.22. The summed E-state index contributed by atoms with van der Waals surface area (Å²) in [6.45, 7) is 3.14. The lowest BCUT2D eigenvalue weighted by atomic mass is 9.97. The van der Waals surface area contributed by atoms with Gasteiger partial charge in [-0.05, 0) is 38.3 Å². The highest BCUT2D eigenvalue weighted by Gasteiger charge is 2.12. The standard InChI is InChI=1S/C10H16N2OS.ClH/c1-2-9(8-11-4-1)3-6-13-10-12-5-7-14-10;/h5,7,9,11H,1-4,6,8H2;1H. The van der Waals surface area contributed by atoms with E-state index in [-0.39, 0.29) is 12.4 Å². The highest BCUT2D eigenvalue weighted by molar-refractivity contribution is 7.11. The average Bonchev–Trinajstić information content (AvgIpc) is 2.72. The van der Waals surface area contributed by atoms with E-state index in [2.05, 4.69) is 10.3 Å². The number of aromatic nitrogens is 1. The predicted molar refractivity (Wildman–Crippen MR) is 65.1 cm³/mol. The molecule has 0 amide bonds. The monoisotopic (exact) mass is 248 g/mol. The van der Waals surface area contributed by atoms with Gasteiger partial charge >= 0.3 is 0 Å². The molecule has 0 radical (unpaired) electrons. The van der Waals surface area contributed by atoms with Crippen LogP contribution in [0.3, 0.4) is 0 Å². The van der Waals surface area contributed by atoms with Gasteiger partial charge in [0.1, 0.15) is 0 Å². The number of ether oxygens (including phenoxy) is 1. The summed E-state index contributed by atoms with van der Waals surface area (Å²) in [7, 11) is 0. The van der Waals surface area contributed by atoms with Crippen LogP contribution in [-0.4, -0.2) is 24.7 Å². The fraction of sp³-hybridized carbons (Fsp3) is 0.700. The minimum atomic E-state index is 0. The van der Waals surface area contributed by atoms with E-state index in [1.807, 2.05) is 5.38 Å². The molecule has 1 fully saturated rings. The summed E-state index contributed by atoms with van der Waals surface area (Å²) in [6.07, 6.45) is 5.57. The third-order valence-corrected chi connectivity index (χ3v) is 3.24. The van der Waals surface area contributed by atoms with E-state index in [1.165, 1.54) is 19.4 Å². The van der Waals surface area contributed by atoms with Gasteiger partial charge in [0.2, 0.25) is 0 Å². The Balaban J connectivity index is 0.00000112. The first-order valence-electron chi connectivity index (χ1n) is 5.18. The summed E-state index contributed by atoms with van der Waals surface area (Å²) in [6, 6.07) is 0. The van der Waals surface area contributed by atoms with E-state index in [0.29, 0.717) is 0 Å². The maximum absolute atomic E-state index is 5.53. The molecule has 1 aliphatic rings. The Hall–Kier alpha value is -0.320. The van der Waals surface area contributed by atoms with Crippen LogP contribution >= 0.6 is 23.7 Å². The summed E-state index contributed by atoms with van der Waals surface area (Å²) in [5.41, 5.74) is 0. The third-order valence-electron chi connectivity index (χ3n) is 2.56. The van der Waals surface area contributed by atoms with E-state index < -0.39 is 0 Å². The Kier molecular flexibility index (Phi) is 5.98. The maximum atomic E-state index is 5.53. The van der Waals surface area contributed by atoms with Gasteiger partial charge < -0.3 is 10.1 Å². The van der Waals surface area contributed by atoms with Crippen LogP contribution in [0, 0.1) is 5.92 Å². The highest BCUT2D eigenvalue weighted by Crippen LogP contribution is 2.17. The summed E-state index contributed by atoms with van der Waals surface area (Å²) in [5, 5.41) is 6.15. The van der Waals surface area contributed by atoms with Crippen LogP contribution in [0.15, 0.2) is 11.6 Å². The normalized spacial score (nSPS) is 20.7. The Bertz CT molecular complexity index is 250. The van der Waals surface area contributed by atoms with Gasteiger partial charge in [-0.15, -0.1) is 12.4 Å². The topological polar surface area (TPSA) is 34.1 Å². The third kappa shape index (κ3) is 4.36. The number of rotatable bonds is 4. The van der Waals surface area contributed by atoms with Crippen LogP contribution in [0.4, 0.5) is 0 Å². The molecule has 86 valence electrons. The second kappa shape index (κ2) is 7.04. The number of nitrogens with zero attached hydrogens (tertiary/aromatic N) is 1. The zero-order chi connectivity index (χ0) is 9.64. The number of thiazole rings is 1. The van der Waals surface area contributed by atoms with Crippen molar-refractivity contribution in [2.75, 3.05) is 19.7 Å². The van der Waals surface area contributed by atoms with E-state index in [4.69, 9.17) is 4.74 Å². The van der Waals surface area contributed by atoms with Gasteiger partial charge in [-0.25, -0.2) is 4.98 Å². The number of nitrogens with one attached hydrogen (secondary N) is 1. The molecule has 1 aromatic heterocycles. The second-order valence-corrected chi connectivity index (χ2v) is 4.50. The highest BCUT2D eigenvalue weighted by atomic mass is 35.5. The molecule has 1 aromatic rings. The van der Waals surface area contributed by atoms with Crippen LogP contribution < -0.4 is 10.1 Å². The Morgan fingerprint density at radius 1 is 1.60 bits per heavy atom. The summed E-state index contributed by atoms with van der Waals surface area (Å²) >= 11 is 1.56. The zero-order valence-electron chi connectivity index (χ0n) is 8.65. The molecule has 0 aliphatic carbocycles. The molecule has 5 heteroatoms. The van der Waals surface area contributed by atoms with E-state index in [1.54, 1.807) is 17.5 Å². The van der Waals surface area contributed by atoms with E-state index in [0.717, 1.165) is 30.7 Å². The number of halogens is 1. The van der Waals surface area contributed by atoms with Crippen LogP contribution in [0.2, 0.25) is 0 Å². The van der Waals surface area contributed by atoms with Crippen molar-refractivity contribution in [3.63, 3.8) is 0 Å². The van der Waals surface area contributed by atoms with Gasteiger partial charge in [0.05, 0.1) is 6.61 Å². The molecule has 15 heavy (non-hydrogen) atoms. The average molecular weight is 249 g/mol. The van der Waals surface area contributed by atoms with Crippen molar-refractivity contribution in [3.8, 4) is 5.19 Å². The molecule has 2 rings (SSSR count). The molecule has 0 spiro atoms. The molecule has 0 saturated carbocycles. The van der Waals surface area contributed by atoms with Crippen LogP contribution in [-0.2, 0) is 0 Å². The van der Waals surface area contributed by atoms with Gasteiger partial charge in [-0.1, -0.05) is 11.3 Å². The Morgan fingerprint density at radius 2 is 2.53 bits per heavy atom. The molecular formula is C10H17ClN2OS. The molecule has 2 heterocycles. The largest absolute Gasteiger partial charge is 0.470 e. The number of hydrogen-bond acceptors (Lipinski definition) is 4. The molecule has 0 aromatic carbocycles. The summed E-state index contributed by atoms with van der Waals surface area (Å²) in [4.78, 5) is 4.08.